The summed E-state index contributed by atoms with van der Waals surface area (Å²) in [6.07, 6.45) is 16.3. The maximum absolute atomic E-state index is 6.03. The maximum atomic E-state index is 6.03. The Kier molecular flexibility index (Phi) is 16.1. The summed E-state index contributed by atoms with van der Waals surface area (Å²) in [7, 11) is -0.384. The molecular weight excluding hydrogens is 1050 g/mol. The molecule has 3 saturated heterocycles. The molecule has 3 aliphatic rings. The largest absolute Gasteiger partial charge is 0.496 e. The normalized spacial score (nSPS) is 16.4. The van der Waals surface area contributed by atoms with E-state index in [-0.39, 0.29) is 18.3 Å². The number of halogens is 1. The fourth-order valence-corrected chi connectivity index (χ4v) is 9.72. The van der Waals surface area contributed by atoms with Gasteiger partial charge in [0.05, 0.1) is 72.4 Å². The summed E-state index contributed by atoms with van der Waals surface area (Å²) in [4.78, 5) is 42.2. The zero-order valence-corrected chi connectivity index (χ0v) is 45.8. The third-order valence-corrected chi connectivity index (χ3v) is 15.0. The van der Waals surface area contributed by atoms with Crippen LogP contribution in [0.15, 0.2) is 145 Å². The van der Waals surface area contributed by atoms with Gasteiger partial charge in [-0.25, -0.2) is 15.0 Å². The van der Waals surface area contributed by atoms with E-state index in [0.717, 1.165) is 159 Å². The molecule has 12 heterocycles. The predicted octanol–water partition coefficient (Wildman–Crippen LogP) is 9.58. The van der Waals surface area contributed by atoms with Crippen LogP contribution in [0.2, 0.25) is 0 Å². The van der Waals surface area contributed by atoms with Gasteiger partial charge in [0.1, 0.15) is 30.3 Å². The number of morpholine rings is 2. The van der Waals surface area contributed by atoms with Gasteiger partial charge in [0.25, 0.3) is 0 Å². The number of ether oxygens (including phenoxy) is 4. The van der Waals surface area contributed by atoms with Crippen molar-refractivity contribution in [2.75, 3.05) is 78.9 Å². The summed E-state index contributed by atoms with van der Waals surface area (Å²) in [6, 6.07) is 28.3. The molecule has 13 rings (SSSR count). The number of fused-ring (bicyclic) bond motifs is 6. The lowest BCUT2D eigenvalue weighted by molar-refractivity contribution is 0.00578. The monoisotopic (exact) mass is 1110 g/mol. The standard InChI is InChI=1S/C27H25N5O2.C17H27BN2O4.C15H9BrN4/c1-2-20(16-28-7-1)25-15-23-24-14-21(17-30-27(24)31-26(23)18-29-25)19-3-5-22(6-4-19)34-13-10-32-8-11-33-12-9-32;1-16(2)17(3,4)24-18(23-16)14-5-6-15(19-13-14)22-12-9-20-7-10-21-11-8-20;16-10-4-12-11-5-13(9-2-1-3-17-6-9)18-8-14(11)20-15(12)19-7-10/h1-7,14-18H,8-13H2,(H,30,31);5-6,13H,7-12H2,1-4H3;1-8H,(H,19,20). The number of aromatic nitrogens is 9. The molecule has 2 N–H and O–H groups in total. The fraction of sp³-hybridized carbons (Fsp3) is 0.305. The molecule has 78 heavy (non-hydrogen) atoms. The third kappa shape index (κ3) is 12.4. The van der Waals surface area contributed by atoms with Gasteiger partial charge >= 0.3 is 7.12 Å². The number of nitrogens with zero attached hydrogens (tertiary/aromatic N) is 9. The van der Waals surface area contributed by atoms with Crippen molar-refractivity contribution in [3.63, 3.8) is 0 Å². The highest BCUT2D eigenvalue weighted by Gasteiger charge is 2.51. The molecule has 0 bridgehead atoms. The summed E-state index contributed by atoms with van der Waals surface area (Å²) < 4.78 is 35.4. The SMILES string of the molecule is Brc1cnc2[nH]c3cnc(-c4cccnc4)cc3c2c1.CC1(C)OB(c2ccc(OCCN3CCOCC3)nc2)OC1(C)C.c1cncc(-c2cc3c(cn2)[nH]c2ncc(-c4ccc(OCCN5CCOCC5)cc4)cc23)c1. The van der Waals surface area contributed by atoms with Gasteiger partial charge in [-0.3, -0.25) is 29.7 Å². The Morgan fingerprint density at radius 1 is 0.538 bits per heavy atom. The van der Waals surface area contributed by atoms with Crippen molar-refractivity contribution >= 4 is 72.4 Å². The zero-order chi connectivity index (χ0) is 53.5. The summed E-state index contributed by atoms with van der Waals surface area (Å²) in [6.45, 7) is 18.4. The first-order valence-electron chi connectivity index (χ1n) is 26.3. The lowest BCUT2D eigenvalue weighted by Crippen LogP contribution is -2.41. The van der Waals surface area contributed by atoms with E-state index >= 15 is 0 Å². The Morgan fingerprint density at radius 3 is 1.63 bits per heavy atom. The molecule has 10 aromatic rings. The van der Waals surface area contributed by atoms with E-state index in [0.29, 0.717) is 19.1 Å². The van der Waals surface area contributed by atoms with Crippen molar-refractivity contribution in [3.05, 3.63) is 145 Å². The number of pyridine rings is 7. The van der Waals surface area contributed by atoms with Crippen LogP contribution in [0.4, 0.5) is 0 Å². The molecule has 0 atom stereocenters. The van der Waals surface area contributed by atoms with Crippen molar-refractivity contribution in [1.29, 1.82) is 0 Å². The molecule has 3 fully saturated rings. The molecule has 0 amide bonds. The Hall–Kier alpha value is -7.23. The Morgan fingerprint density at radius 2 is 1.09 bits per heavy atom. The Bertz CT molecular complexity index is 3580. The van der Waals surface area contributed by atoms with Crippen molar-refractivity contribution in [1.82, 2.24) is 54.7 Å². The molecule has 9 aromatic heterocycles. The molecule has 0 unspecified atom stereocenters. The van der Waals surface area contributed by atoms with Crippen LogP contribution in [0.5, 0.6) is 11.6 Å². The minimum absolute atomic E-state index is 0.342. The summed E-state index contributed by atoms with van der Waals surface area (Å²) in [5.74, 6) is 1.51. The van der Waals surface area contributed by atoms with E-state index in [9.17, 15) is 0 Å². The first-order valence-corrected chi connectivity index (χ1v) is 27.1. The summed E-state index contributed by atoms with van der Waals surface area (Å²) in [5.41, 5.74) is 9.87. The van der Waals surface area contributed by atoms with Gasteiger partial charge in [0, 0.05) is 131 Å². The molecule has 398 valence electrons. The van der Waals surface area contributed by atoms with E-state index < -0.39 is 0 Å². The Labute approximate surface area is 461 Å². The van der Waals surface area contributed by atoms with E-state index in [1.54, 1.807) is 24.8 Å². The second-order valence-electron chi connectivity index (χ2n) is 20.3. The quantitative estimate of drug-likeness (QED) is 0.110. The highest BCUT2D eigenvalue weighted by atomic mass is 79.9. The van der Waals surface area contributed by atoms with E-state index in [1.165, 1.54) is 0 Å². The average molecular weight is 1110 g/mol. The number of benzene rings is 1. The van der Waals surface area contributed by atoms with Crippen LogP contribution in [0.1, 0.15) is 27.7 Å². The number of nitrogens with one attached hydrogen (secondary N) is 2. The minimum Gasteiger partial charge on any atom is -0.492 e. The smallest absolute Gasteiger partial charge is 0.492 e. The highest BCUT2D eigenvalue weighted by molar-refractivity contribution is 9.10. The molecule has 19 heteroatoms. The average Bonchev–Trinajstić information content (AvgIpc) is 4.14. The fourth-order valence-electron chi connectivity index (χ4n) is 9.39. The van der Waals surface area contributed by atoms with E-state index in [1.807, 2.05) is 107 Å². The number of hydrogen-bond acceptors (Lipinski definition) is 15. The van der Waals surface area contributed by atoms with Crippen LogP contribution in [0, 0.1) is 0 Å². The van der Waals surface area contributed by atoms with Gasteiger partial charge in [-0.05, 0) is 116 Å². The van der Waals surface area contributed by atoms with E-state index in [2.05, 4.69) is 107 Å². The second-order valence-corrected chi connectivity index (χ2v) is 21.2. The minimum atomic E-state index is -0.384. The van der Waals surface area contributed by atoms with Gasteiger partial charge < -0.3 is 38.2 Å². The van der Waals surface area contributed by atoms with Gasteiger partial charge in [-0.15, -0.1) is 0 Å². The van der Waals surface area contributed by atoms with Crippen molar-refractivity contribution in [3.8, 4) is 45.3 Å². The lowest BCUT2D eigenvalue weighted by atomic mass is 9.80. The second kappa shape index (κ2) is 23.8. The van der Waals surface area contributed by atoms with Gasteiger partial charge in [-0.1, -0.05) is 18.2 Å². The van der Waals surface area contributed by atoms with Crippen molar-refractivity contribution < 1.29 is 28.3 Å². The zero-order valence-electron chi connectivity index (χ0n) is 44.2. The number of hydrogen-bond donors (Lipinski definition) is 2. The molecule has 0 saturated carbocycles. The molecule has 3 aliphatic heterocycles. The molecule has 1 aromatic carbocycles. The number of rotatable bonds is 12. The van der Waals surface area contributed by atoms with Crippen LogP contribution >= 0.6 is 15.9 Å². The van der Waals surface area contributed by atoms with Crippen LogP contribution in [-0.2, 0) is 18.8 Å². The molecule has 17 nitrogen and oxygen atoms in total. The molecule has 0 radical (unpaired) electrons. The topological polar surface area (TPSA) is 184 Å². The third-order valence-electron chi connectivity index (χ3n) is 14.6. The van der Waals surface area contributed by atoms with Crippen LogP contribution in [0.25, 0.3) is 77.5 Å². The van der Waals surface area contributed by atoms with Gasteiger partial charge in [0.2, 0.25) is 5.88 Å². The van der Waals surface area contributed by atoms with Gasteiger partial charge in [0.15, 0.2) is 0 Å². The Balaban J connectivity index is 0.000000129. The summed E-state index contributed by atoms with van der Waals surface area (Å²) >= 11 is 3.46. The molecule has 0 spiro atoms. The number of H-pyrrole nitrogens is 2. The van der Waals surface area contributed by atoms with Crippen molar-refractivity contribution in [2.45, 2.75) is 38.9 Å². The molecular formula is C59H61BBrN11O6. The van der Waals surface area contributed by atoms with Crippen LogP contribution < -0.4 is 14.9 Å². The lowest BCUT2D eigenvalue weighted by Gasteiger charge is -2.32. The highest BCUT2D eigenvalue weighted by Crippen LogP contribution is 2.37. The van der Waals surface area contributed by atoms with Crippen LogP contribution in [-0.4, -0.2) is 152 Å². The molecule has 0 aliphatic carbocycles. The van der Waals surface area contributed by atoms with Gasteiger partial charge in [-0.2, -0.15) is 0 Å². The van der Waals surface area contributed by atoms with E-state index in [4.69, 9.17) is 28.3 Å². The van der Waals surface area contributed by atoms with Crippen molar-refractivity contribution in [2.24, 2.45) is 0 Å². The predicted molar refractivity (Wildman–Crippen MR) is 308 cm³/mol. The first-order chi connectivity index (χ1) is 38.0. The first kappa shape index (κ1) is 52.8. The maximum Gasteiger partial charge on any atom is 0.496 e. The number of aromatic amines is 2. The van der Waals surface area contributed by atoms with Crippen LogP contribution in [0.3, 0.4) is 0 Å². The summed E-state index contributed by atoms with van der Waals surface area (Å²) in [5, 5.41) is 4.37.